The van der Waals surface area contributed by atoms with E-state index in [1.54, 1.807) is 11.1 Å². The van der Waals surface area contributed by atoms with Crippen molar-refractivity contribution >= 4 is 0 Å². The largest absolute Gasteiger partial charge is 0.0735 e. The van der Waals surface area contributed by atoms with Crippen molar-refractivity contribution in [2.24, 2.45) is 11.3 Å². The van der Waals surface area contributed by atoms with Crippen molar-refractivity contribution in [2.75, 3.05) is 0 Å². The molecule has 0 N–H and O–H groups in total. The van der Waals surface area contributed by atoms with Crippen LogP contribution in [0.1, 0.15) is 40.0 Å². The van der Waals surface area contributed by atoms with Crippen LogP contribution in [-0.4, -0.2) is 0 Å². The van der Waals surface area contributed by atoms with E-state index in [0.29, 0.717) is 5.41 Å². The van der Waals surface area contributed by atoms with E-state index < -0.39 is 0 Å². The first-order chi connectivity index (χ1) is 4.62. The third-order valence-corrected chi connectivity index (χ3v) is 3.63. The Labute approximate surface area is 102 Å². The van der Waals surface area contributed by atoms with Gasteiger partial charge in [0.25, 0.3) is 0 Å². The number of allylic oxidation sites excluding steroid dienone is 2. The van der Waals surface area contributed by atoms with E-state index in [0.717, 1.165) is 5.92 Å². The molecule has 1 fully saturated rings. The van der Waals surface area contributed by atoms with Crippen LogP contribution in [0.2, 0.25) is 0 Å². The molecule has 1 saturated carbocycles. The molecule has 0 aromatic heterocycles. The molecule has 0 aliphatic heterocycles. The zero-order chi connectivity index (χ0) is 7.35. The summed E-state index contributed by atoms with van der Waals surface area (Å²) in [7, 11) is 0. The number of fused-ring (bicyclic) bond motifs is 2. The summed E-state index contributed by atoms with van der Waals surface area (Å²) in [5.74, 6) is 1.02. The molecule has 0 aromatic carbocycles. The molecule has 0 radical (unpaired) electrons. The van der Waals surface area contributed by atoms with Gasteiger partial charge in [0.2, 0.25) is 0 Å². The predicted molar refractivity (Wildman–Crippen MR) is 43.8 cm³/mol. The van der Waals surface area contributed by atoms with Gasteiger partial charge in [-0.1, -0.05) is 25.0 Å². The van der Waals surface area contributed by atoms with Gasteiger partial charge in [0.05, 0.1) is 0 Å². The standard InChI is InChI=1S/C10H16.Nd/c1-7-4-5-8-6-9(7)10(8,2)3;/h8H,4-6H2,1-3H3;. The van der Waals surface area contributed by atoms with Gasteiger partial charge in [-0.15, -0.1) is 0 Å². The van der Waals surface area contributed by atoms with Crippen LogP contribution < -0.4 is 0 Å². The molecule has 1 unspecified atom stereocenters. The summed E-state index contributed by atoms with van der Waals surface area (Å²) in [5, 5.41) is 0. The number of rotatable bonds is 0. The second-order valence-electron chi connectivity index (χ2n) is 4.42. The van der Waals surface area contributed by atoms with E-state index in [1.807, 2.05) is 0 Å². The first-order valence-corrected chi connectivity index (χ1v) is 4.31. The first kappa shape index (κ1) is 10.2. The molecule has 60 valence electrons. The average molecular weight is 280 g/mol. The minimum Gasteiger partial charge on any atom is -0.0735 e. The van der Waals surface area contributed by atoms with Gasteiger partial charge < -0.3 is 0 Å². The molecular weight excluding hydrogens is 264 g/mol. The summed E-state index contributed by atoms with van der Waals surface area (Å²) in [6.45, 7) is 7.12. The molecule has 3 aliphatic carbocycles. The molecule has 0 spiro atoms. The van der Waals surface area contributed by atoms with Crippen molar-refractivity contribution in [1.82, 2.24) is 0 Å². The fourth-order valence-corrected chi connectivity index (χ4v) is 2.61. The van der Waals surface area contributed by atoms with Gasteiger partial charge in [0.15, 0.2) is 0 Å². The minimum atomic E-state index is 0. The Morgan fingerprint density at radius 2 is 2.00 bits per heavy atom. The maximum absolute atomic E-state index is 2.40. The van der Waals surface area contributed by atoms with Crippen molar-refractivity contribution in [3.05, 3.63) is 11.1 Å². The second kappa shape index (κ2) is 3.10. The SMILES string of the molecule is CC1=C2CC(CC1)C2(C)C.[Nd]. The number of hydrogen-bond acceptors (Lipinski definition) is 0. The van der Waals surface area contributed by atoms with E-state index in [1.165, 1.54) is 19.3 Å². The first-order valence-electron chi connectivity index (χ1n) is 4.31. The fraction of sp³-hybridized carbons (Fsp3) is 0.800. The number of hydrogen-bond donors (Lipinski definition) is 0. The van der Waals surface area contributed by atoms with Crippen LogP contribution in [0.5, 0.6) is 0 Å². The van der Waals surface area contributed by atoms with Gasteiger partial charge in [-0.3, -0.25) is 0 Å². The van der Waals surface area contributed by atoms with Crippen LogP contribution in [0.15, 0.2) is 11.1 Å². The third-order valence-electron chi connectivity index (χ3n) is 3.63. The Morgan fingerprint density at radius 1 is 1.36 bits per heavy atom. The second-order valence-corrected chi connectivity index (χ2v) is 4.42. The summed E-state index contributed by atoms with van der Waals surface area (Å²) in [6.07, 6.45) is 4.24. The van der Waals surface area contributed by atoms with Gasteiger partial charge in [0, 0.05) is 40.8 Å². The zero-order valence-corrected chi connectivity index (χ0v) is 10.9. The molecule has 0 aromatic rings. The fourth-order valence-electron chi connectivity index (χ4n) is 2.61. The summed E-state index contributed by atoms with van der Waals surface area (Å²) in [4.78, 5) is 0. The van der Waals surface area contributed by atoms with E-state index >= 15 is 0 Å². The van der Waals surface area contributed by atoms with Crippen LogP contribution in [-0.2, 0) is 0 Å². The van der Waals surface area contributed by atoms with Crippen LogP contribution in [0, 0.1) is 52.2 Å². The van der Waals surface area contributed by atoms with E-state index in [4.69, 9.17) is 0 Å². The third kappa shape index (κ3) is 1.35. The molecule has 0 heterocycles. The Balaban J connectivity index is 0.000000605. The summed E-state index contributed by atoms with van der Waals surface area (Å²) < 4.78 is 0. The van der Waals surface area contributed by atoms with Crippen LogP contribution >= 0.6 is 0 Å². The summed E-state index contributed by atoms with van der Waals surface area (Å²) >= 11 is 0. The molecule has 3 rings (SSSR count). The van der Waals surface area contributed by atoms with E-state index in [9.17, 15) is 0 Å². The average Bonchev–Trinajstić information content (AvgIpc) is 1.87. The monoisotopic (exact) mass is 278 g/mol. The van der Waals surface area contributed by atoms with Crippen molar-refractivity contribution in [2.45, 2.75) is 40.0 Å². The predicted octanol–water partition coefficient (Wildman–Crippen LogP) is 3.14. The maximum atomic E-state index is 2.40. The Morgan fingerprint density at radius 3 is 2.27 bits per heavy atom. The smallest absolute Gasteiger partial charge is 0 e. The Kier molecular flexibility index (Phi) is 2.87. The summed E-state index contributed by atoms with van der Waals surface area (Å²) in [6, 6.07) is 0. The molecular formula is C10H16Nd. The van der Waals surface area contributed by atoms with Crippen molar-refractivity contribution in [1.29, 1.82) is 0 Å². The van der Waals surface area contributed by atoms with E-state index in [-0.39, 0.29) is 40.8 Å². The Hall–Kier alpha value is 1.09. The molecule has 0 nitrogen and oxygen atoms in total. The maximum Gasteiger partial charge on any atom is 0 e. The van der Waals surface area contributed by atoms with Crippen molar-refractivity contribution in [3.8, 4) is 0 Å². The molecule has 0 saturated heterocycles. The molecule has 1 atom stereocenters. The van der Waals surface area contributed by atoms with Crippen LogP contribution in [0.3, 0.4) is 0 Å². The van der Waals surface area contributed by atoms with E-state index in [2.05, 4.69) is 20.8 Å². The minimum absolute atomic E-state index is 0. The van der Waals surface area contributed by atoms with Gasteiger partial charge >= 0.3 is 0 Å². The Bertz CT molecular complexity index is 201. The molecule has 2 bridgehead atoms. The molecule has 3 aliphatic rings. The van der Waals surface area contributed by atoms with Crippen LogP contribution in [0.4, 0.5) is 0 Å². The van der Waals surface area contributed by atoms with Gasteiger partial charge in [-0.2, -0.15) is 0 Å². The van der Waals surface area contributed by atoms with Crippen molar-refractivity contribution < 1.29 is 40.8 Å². The summed E-state index contributed by atoms with van der Waals surface area (Å²) in [5.41, 5.74) is 4.04. The van der Waals surface area contributed by atoms with Gasteiger partial charge in [0.1, 0.15) is 0 Å². The zero-order valence-electron chi connectivity index (χ0n) is 7.70. The quantitative estimate of drug-likeness (QED) is 0.598. The normalized spacial score (nSPS) is 32.5. The van der Waals surface area contributed by atoms with Gasteiger partial charge in [-0.25, -0.2) is 0 Å². The van der Waals surface area contributed by atoms with Crippen LogP contribution in [0.25, 0.3) is 0 Å². The molecule has 1 heteroatoms. The van der Waals surface area contributed by atoms with Gasteiger partial charge in [-0.05, 0) is 37.5 Å². The van der Waals surface area contributed by atoms with Crippen molar-refractivity contribution in [3.63, 3.8) is 0 Å². The molecule has 11 heavy (non-hydrogen) atoms. The topological polar surface area (TPSA) is 0 Å². The molecule has 0 amide bonds.